The molecule has 0 fully saturated rings. The summed E-state index contributed by atoms with van der Waals surface area (Å²) in [6.45, 7) is 2.28. The van der Waals surface area contributed by atoms with Crippen LogP contribution in [-0.2, 0) is 15.2 Å². The summed E-state index contributed by atoms with van der Waals surface area (Å²) in [6, 6.07) is 0. The molecule has 0 rings (SSSR count). The minimum absolute atomic E-state index is 0.762. The predicted octanol–water partition coefficient (Wildman–Crippen LogP) is 5.40. The molecule has 0 aromatic rings. The van der Waals surface area contributed by atoms with Crippen LogP contribution in [0.1, 0.15) is 103 Å². The molecule has 0 heterocycles. The number of rotatable bonds is 15. The second kappa shape index (κ2) is 19.6. The smallest absolute Gasteiger partial charge is 0.303 e. The van der Waals surface area contributed by atoms with Crippen LogP contribution in [0.15, 0.2) is 0 Å². The van der Waals surface area contributed by atoms with E-state index < -0.39 is 10.4 Å². The fourth-order valence-corrected chi connectivity index (χ4v) is 2.42. The Morgan fingerprint density at radius 3 is 1.17 bits per heavy atom. The second-order valence-corrected chi connectivity index (χ2v) is 6.90. The number of aldehydes is 1. The standard InChI is InChI=1S/C17H34O.H2O4S/c1-2-3-4-5-6-7-8-9-10-11-12-13-14-15-16-17-18;1-5(2,3)4/h17H,2-16H2,1H3;(H2,1,2,3,4). The van der Waals surface area contributed by atoms with Crippen molar-refractivity contribution in [3.8, 4) is 0 Å². The molecule has 2 N–H and O–H groups in total. The lowest BCUT2D eigenvalue weighted by Crippen LogP contribution is -1.89. The average molecular weight is 353 g/mol. The average Bonchev–Trinajstić information content (AvgIpc) is 2.46. The molecule has 0 aliphatic heterocycles. The second-order valence-electron chi connectivity index (χ2n) is 6.00. The molecule has 0 atom stereocenters. The summed E-state index contributed by atoms with van der Waals surface area (Å²) < 4.78 is 31.6. The third-order valence-electron chi connectivity index (χ3n) is 3.68. The first kappa shape index (κ1) is 24.8. The van der Waals surface area contributed by atoms with Gasteiger partial charge in [-0.15, -0.1) is 0 Å². The molecule has 0 spiro atoms. The van der Waals surface area contributed by atoms with Crippen molar-refractivity contribution < 1.29 is 22.3 Å². The number of carbonyl (C=O) groups is 1. The van der Waals surface area contributed by atoms with Gasteiger partial charge in [-0.1, -0.05) is 90.4 Å². The molecule has 23 heavy (non-hydrogen) atoms. The van der Waals surface area contributed by atoms with Gasteiger partial charge in [-0.3, -0.25) is 9.11 Å². The van der Waals surface area contributed by atoms with Gasteiger partial charge in [-0.05, 0) is 6.42 Å². The van der Waals surface area contributed by atoms with Gasteiger partial charge in [0.2, 0.25) is 0 Å². The molecule has 0 saturated heterocycles. The molecule has 0 radical (unpaired) electrons. The van der Waals surface area contributed by atoms with Crippen molar-refractivity contribution >= 4 is 16.7 Å². The summed E-state index contributed by atoms with van der Waals surface area (Å²) >= 11 is 0. The largest absolute Gasteiger partial charge is 0.394 e. The van der Waals surface area contributed by atoms with Crippen molar-refractivity contribution in [2.75, 3.05) is 0 Å². The van der Waals surface area contributed by atoms with Crippen LogP contribution in [0.2, 0.25) is 0 Å². The van der Waals surface area contributed by atoms with E-state index in [1.807, 2.05) is 0 Å². The molecule has 0 aromatic carbocycles. The number of hydrogen-bond donors (Lipinski definition) is 2. The van der Waals surface area contributed by atoms with Gasteiger partial charge >= 0.3 is 10.4 Å². The molecule has 0 saturated carbocycles. The normalized spacial score (nSPS) is 10.9. The zero-order chi connectivity index (χ0) is 17.8. The quantitative estimate of drug-likeness (QED) is 0.234. The van der Waals surface area contributed by atoms with Crippen LogP contribution in [0.3, 0.4) is 0 Å². The number of carbonyl (C=O) groups excluding carboxylic acids is 1. The third kappa shape index (κ3) is 38.9. The van der Waals surface area contributed by atoms with E-state index in [2.05, 4.69) is 6.92 Å². The van der Waals surface area contributed by atoms with E-state index in [1.54, 1.807) is 0 Å². The molecule has 0 amide bonds. The lowest BCUT2D eigenvalue weighted by atomic mass is 10.0. The Kier molecular flexibility index (Phi) is 21.1. The van der Waals surface area contributed by atoms with Crippen molar-refractivity contribution in [3.63, 3.8) is 0 Å². The van der Waals surface area contributed by atoms with Crippen LogP contribution in [0.4, 0.5) is 0 Å². The molecular weight excluding hydrogens is 316 g/mol. The molecule has 5 nitrogen and oxygen atoms in total. The third-order valence-corrected chi connectivity index (χ3v) is 3.68. The van der Waals surface area contributed by atoms with Crippen LogP contribution in [0, 0.1) is 0 Å². The molecule has 0 unspecified atom stereocenters. The summed E-state index contributed by atoms with van der Waals surface area (Å²) in [5.74, 6) is 0. The molecule has 6 heteroatoms. The van der Waals surface area contributed by atoms with Crippen LogP contribution in [0.25, 0.3) is 0 Å². The summed E-state index contributed by atoms with van der Waals surface area (Å²) in [5, 5.41) is 0. The molecule has 0 bridgehead atoms. The van der Waals surface area contributed by atoms with E-state index in [9.17, 15) is 4.79 Å². The maximum absolute atomic E-state index is 10.1. The summed E-state index contributed by atoms with van der Waals surface area (Å²) in [5.41, 5.74) is 0. The van der Waals surface area contributed by atoms with E-state index in [0.717, 1.165) is 19.1 Å². The SMILES string of the molecule is CCCCCCCCCCCCCCCCC=O.O=S(=O)(O)O. The van der Waals surface area contributed by atoms with Gasteiger partial charge in [0.15, 0.2) is 0 Å². The zero-order valence-electron chi connectivity index (χ0n) is 14.7. The van der Waals surface area contributed by atoms with Crippen molar-refractivity contribution in [1.82, 2.24) is 0 Å². The lowest BCUT2D eigenvalue weighted by molar-refractivity contribution is -0.107. The highest BCUT2D eigenvalue weighted by molar-refractivity contribution is 7.79. The fraction of sp³-hybridized carbons (Fsp3) is 0.941. The Hall–Kier alpha value is -0.460. The fourth-order valence-electron chi connectivity index (χ4n) is 2.42. The van der Waals surface area contributed by atoms with E-state index in [1.165, 1.54) is 83.5 Å². The van der Waals surface area contributed by atoms with Gasteiger partial charge in [-0.25, -0.2) is 0 Å². The van der Waals surface area contributed by atoms with Gasteiger partial charge in [0.25, 0.3) is 0 Å². The highest BCUT2D eigenvalue weighted by Crippen LogP contribution is 2.12. The Balaban J connectivity index is 0. The van der Waals surface area contributed by atoms with Crippen LogP contribution >= 0.6 is 0 Å². The Labute approximate surface area is 142 Å². The van der Waals surface area contributed by atoms with Crippen LogP contribution < -0.4 is 0 Å². The summed E-state index contributed by atoms with van der Waals surface area (Å²) in [7, 11) is -4.67. The van der Waals surface area contributed by atoms with Gasteiger partial charge < -0.3 is 4.79 Å². The van der Waals surface area contributed by atoms with E-state index in [0.29, 0.717) is 0 Å². The van der Waals surface area contributed by atoms with Gasteiger partial charge in [0.05, 0.1) is 0 Å². The van der Waals surface area contributed by atoms with Crippen molar-refractivity contribution in [1.29, 1.82) is 0 Å². The van der Waals surface area contributed by atoms with Crippen LogP contribution in [0.5, 0.6) is 0 Å². The Bertz CT molecular complexity index is 320. The zero-order valence-corrected chi connectivity index (χ0v) is 15.5. The molecule has 0 aliphatic rings. The summed E-state index contributed by atoms with van der Waals surface area (Å²) in [6.07, 6.45) is 21.1. The highest BCUT2D eigenvalue weighted by Gasteiger charge is 1.93. The monoisotopic (exact) mass is 352 g/mol. The van der Waals surface area contributed by atoms with Crippen LogP contribution in [-0.4, -0.2) is 23.8 Å². The Morgan fingerprint density at radius 2 is 0.913 bits per heavy atom. The maximum Gasteiger partial charge on any atom is 0.394 e. The molecule has 140 valence electrons. The first-order valence-electron chi connectivity index (χ1n) is 9.05. The van der Waals surface area contributed by atoms with E-state index in [4.69, 9.17) is 17.5 Å². The number of hydrogen-bond acceptors (Lipinski definition) is 3. The van der Waals surface area contributed by atoms with Crippen molar-refractivity contribution in [2.24, 2.45) is 0 Å². The van der Waals surface area contributed by atoms with Crippen molar-refractivity contribution in [2.45, 2.75) is 103 Å². The first-order chi connectivity index (χ1) is 10.9. The predicted molar refractivity (Wildman–Crippen MR) is 95.2 cm³/mol. The topological polar surface area (TPSA) is 91.7 Å². The van der Waals surface area contributed by atoms with Gasteiger partial charge in [0, 0.05) is 6.42 Å². The molecule has 0 aromatic heterocycles. The minimum atomic E-state index is -4.67. The maximum atomic E-state index is 10.1. The van der Waals surface area contributed by atoms with E-state index in [-0.39, 0.29) is 0 Å². The molecular formula is C17H36O5S. The minimum Gasteiger partial charge on any atom is -0.303 e. The first-order valence-corrected chi connectivity index (χ1v) is 10.4. The number of unbranched alkanes of at least 4 members (excludes halogenated alkanes) is 14. The van der Waals surface area contributed by atoms with Crippen molar-refractivity contribution in [3.05, 3.63) is 0 Å². The highest BCUT2D eigenvalue weighted by atomic mass is 32.3. The molecule has 0 aliphatic carbocycles. The van der Waals surface area contributed by atoms with Gasteiger partial charge in [0.1, 0.15) is 6.29 Å². The summed E-state index contributed by atoms with van der Waals surface area (Å²) in [4.78, 5) is 10.1. The van der Waals surface area contributed by atoms with Gasteiger partial charge in [-0.2, -0.15) is 8.42 Å². The lowest BCUT2D eigenvalue weighted by Gasteiger charge is -2.02. The Morgan fingerprint density at radius 1 is 0.652 bits per heavy atom. The van der Waals surface area contributed by atoms with E-state index >= 15 is 0 Å².